The Kier molecular flexibility index (Phi) is 10.7. The fourth-order valence-corrected chi connectivity index (χ4v) is 20.0. The lowest BCUT2D eigenvalue weighted by Gasteiger charge is -2.64. The van der Waals surface area contributed by atoms with Crippen LogP contribution in [0.4, 0.5) is 0 Å². The minimum Gasteiger partial charge on any atom is -0.465 e. The van der Waals surface area contributed by atoms with Crippen molar-refractivity contribution in [1.29, 1.82) is 0 Å². The summed E-state index contributed by atoms with van der Waals surface area (Å²) in [6, 6.07) is 0. The van der Waals surface area contributed by atoms with Crippen molar-refractivity contribution in [2.24, 2.45) is 23.2 Å². The minimum atomic E-state index is -2.11. The van der Waals surface area contributed by atoms with Gasteiger partial charge < -0.3 is 22.7 Å². The lowest BCUT2D eigenvalue weighted by molar-refractivity contribution is -0.199. The highest BCUT2D eigenvalue weighted by Crippen LogP contribution is 2.66. The van der Waals surface area contributed by atoms with Gasteiger partial charge in [0.05, 0.1) is 30.8 Å². The molecule has 6 atom stereocenters. The van der Waals surface area contributed by atoms with E-state index in [1.54, 1.807) is 0 Å². The van der Waals surface area contributed by atoms with Crippen molar-refractivity contribution < 1.29 is 23.3 Å². The van der Waals surface area contributed by atoms with Crippen molar-refractivity contribution in [3.63, 3.8) is 0 Å². The third-order valence-electron chi connectivity index (χ3n) is 11.1. The molecule has 0 aromatic rings. The van der Waals surface area contributed by atoms with Crippen molar-refractivity contribution in [3.05, 3.63) is 0 Å². The quantitative estimate of drug-likeness (QED) is 0.149. The van der Waals surface area contributed by atoms with Crippen LogP contribution in [-0.4, -0.2) is 72.5 Å². The van der Waals surface area contributed by atoms with Crippen LogP contribution in [0.5, 0.6) is 0 Å². The zero-order chi connectivity index (χ0) is 32.3. The van der Waals surface area contributed by atoms with Gasteiger partial charge in [-0.1, -0.05) is 87.7 Å². The first-order chi connectivity index (χ1) is 18.8. The summed E-state index contributed by atoms with van der Waals surface area (Å²) in [5, 5.41) is 0.0603. The molecular weight excluding hydrogens is 573 g/mol. The highest BCUT2D eigenvalue weighted by atomic mass is 28.4. The molecule has 10 heteroatoms. The molecule has 0 radical (unpaired) electrons. The summed E-state index contributed by atoms with van der Waals surface area (Å²) in [4.78, 5) is 13.0. The molecule has 4 rings (SSSR count). The molecular formula is C32H66BNO5Si3. The van der Waals surface area contributed by atoms with Crippen LogP contribution in [0.3, 0.4) is 0 Å². The molecule has 2 bridgehead atoms. The third kappa shape index (κ3) is 7.69. The maximum Gasteiger partial charge on any atom is 0.474 e. The van der Waals surface area contributed by atoms with Gasteiger partial charge in [-0.2, -0.15) is 0 Å². The van der Waals surface area contributed by atoms with Crippen molar-refractivity contribution in [3.8, 4) is 0 Å². The number of esters is 1. The van der Waals surface area contributed by atoms with E-state index in [9.17, 15) is 4.79 Å². The standard InChI is InChI=1S/C32H66BNO5Si3/c1-23(2)22-36-29(35)21-25(38-42(15,16)30(3,4)5)17-18-28(34(40(9,10)11)41(12,13)14)33-37-27-20-24-19-26(31(24,6)7)32(27,8)39-33/h23-28H,17-22H2,1-16H3/t24-,25-,26-,27+,28-,32-/m0/s1. The summed E-state index contributed by atoms with van der Waals surface area (Å²) in [6.07, 6.45) is 4.32. The second-order valence-corrected chi connectivity index (χ2v) is 33.3. The molecule has 3 saturated carbocycles. The molecule has 1 saturated heterocycles. The molecule has 244 valence electrons. The Labute approximate surface area is 263 Å². The van der Waals surface area contributed by atoms with Gasteiger partial charge in [0.1, 0.15) is 16.5 Å². The van der Waals surface area contributed by atoms with E-state index < -0.39 is 24.8 Å². The molecule has 42 heavy (non-hydrogen) atoms. The number of ether oxygens (including phenoxy) is 1. The van der Waals surface area contributed by atoms with Gasteiger partial charge in [0.15, 0.2) is 8.32 Å². The van der Waals surface area contributed by atoms with Crippen molar-refractivity contribution in [2.45, 2.75) is 169 Å². The molecule has 6 nitrogen and oxygen atoms in total. The number of hydrogen-bond donors (Lipinski definition) is 0. The van der Waals surface area contributed by atoms with Gasteiger partial charge in [-0.25, -0.2) is 0 Å². The molecule has 4 fully saturated rings. The predicted octanol–water partition coefficient (Wildman–Crippen LogP) is 8.35. The van der Waals surface area contributed by atoms with Gasteiger partial charge in [0.2, 0.25) is 0 Å². The summed E-state index contributed by atoms with van der Waals surface area (Å²) in [5.41, 5.74) is 0.0814. The summed E-state index contributed by atoms with van der Waals surface area (Å²) in [5.74, 6) is 1.58. The molecule has 0 aromatic heterocycles. The van der Waals surface area contributed by atoms with Gasteiger partial charge in [0.25, 0.3) is 0 Å². The average Bonchev–Trinajstić information content (AvgIpc) is 3.14. The smallest absolute Gasteiger partial charge is 0.465 e. The lowest BCUT2D eigenvalue weighted by Crippen LogP contribution is -2.67. The molecule has 0 N–H and O–H groups in total. The maximum atomic E-state index is 13.0. The Morgan fingerprint density at radius 1 is 0.976 bits per heavy atom. The first-order valence-corrected chi connectivity index (χ1v) is 26.6. The average molecular weight is 640 g/mol. The van der Waals surface area contributed by atoms with Crippen LogP contribution < -0.4 is 0 Å². The van der Waals surface area contributed by atoms with E-state index in [1.165, 1.54) is 6.42 Å². The largest absolute Gasteiger partial charge is 0.474 e. The summed E-state index contributed by atoms with van der Waals surface area (Å²) in [7, 11) is -5.87. The van der Waals surface area contributed by atoms with Gasteiger partial charge in [-0.3, -0.25) is 4.79 Å². The Morgan fingerprint density at radius 2 is 1.55 bits per heavy atom. The van der Waals surface area contributed by atoms with E-state index in [1.807, 2.05) is 0 Å². The van der Waals surface area contributed by atoms with Crippen LogP contribution in [0, 0.1) is 23.2 Å². The van der Waals surface area contributed by atoms with E-state index >= 15 is 0 Å². The Bertz CT molecular complexity index is 943. The van der Waals surface area contributed by atoms with Crippen LogP contribution >= 0.6 is 0 Å². The topological polar surface area (TPSA) is 57.2 Å². The summed E-state index contributed by atoms with van der Waals surface area (Å²) < 4.78 is 29.7. The fraction of sp³-hybridized carbons (Fsp3) is 0.969. The van der Waals surface area contributed by atoms with E-state index in [2.05, 4.69) is 112 Å². The Hall–Kier alpha value is 0.0256. The first kappa shape index (κ1) is 36.5. The van der Waals surface area contributed by atoms with Crippen molar-refractivity contribution in [1.82, 2.24) is 4.23 Å². The molecule has 1 heterocycles. The second-order valence-electron chi connectivity index (χ2n) is 18.5. The molecule has 0 unspecified atom stereocenters. The van der Waals surface area contributed by atoms with Crippen LogP contribution in [0.25, 0.3) is 0 Å². The Morgan fingerprint density at radius 3 is 2.02 bits per heavy atom. The molecule has 1 aliphatic heterocycles. The van der Waals surface area contributed by atoms with Gasteiger partial charge in [-0.15, -0.1) is 0 Å². The molecule has 3 aliphatic carbocycles. The molecule has 4 aliphatic rings. The van der Waals surface area contributed by atoms with Gasteiger partial charge in [0, 0.05) is 5.94 Å². The van der Waals surface area contributed by atoms with Gasteiger partial charge >= 0.3 is 13.1 Å². The van der Waals surface area contributed by atoms with Crippen LogP contribution in [0.1, 0.15) is 87.5 Å². The maximum absolute atomic E-state index is 13.0. The van der Waals surface area contributed by atoms with Gasteiger partial charge in [-0.05, 0) is 73.9 Å². The number of carbonyl (C=O) groups is 1. The summed E-state index contributed by atoms with van der Waals surface area (Å²) >= 11 is 0. The number of carbonyl (C=O) groups excluding carboxylic acids is 1. The first-order valence-electron chi connectivity index (χ1n) is 16.8. The number of hydrogen-bond acceptors (Lipinski definition) is 6. The number of rotatable bonds is 13. The second kappa shape index (κ2) is 12.3. The third-order valence-corrected chi connectivity index (χ3v) is 23.2. The zero-order valence-electron chi connectivity index (χ0n) is 30.3. The van der Waals surface area contributed by atoms with Crippen molar-refractivity contribution >= 4 is 37.9 Å². The molecule has 0 spiro atoms. The fourth-order valence-electron chi connectivity index (χ4n) is 8.11. The highest BCUT2D eigenvalue weighted by Gasteiger charge is 2.69. The monoisotopic (exact) mass is 639 g/mol. The van der Waals surface area contributed by atoms with Crippen LogP contribution in [0.2, 0.25) is 57.4 Å². The zero-order valence-corrected chi connectivity index (χ0v) is 33.3. The van der Waals surface area contributed by atoms with E-state index in [4.69, 9.17) is 18.5 Å². The van der Waals surface area contributed by atoms with E-state index in [0.29, 0.717) is 30.3 Å². The lowest BCUT2D eigenvalue weighted by atomic mass is 9.43. The Balaban J connectivity index is 1.91. The minimum absolute atomic E-state index is 0.0603. The highest BCUT2D eigenvalue weighted by molar-refractivity contribution is 6.90. The van der Waals surface area contributed by atoms with Crippen LogP contribution in [0.15, 0.2) is 0 Å². The number of nitrogens with zero attached hydrogens (tertiary/aromatic N) is 1. The SMILES string of the molecule is CC(C)COC(=O)C[C@H](CC[C@@H](B1O[C@@H]2C[C@@H]3C[C@@H](C3(C)C)[C@]2(C)O1)N([Si](C)(C)C)[Si](C)(C)C)O[Si](C)(C)C(C)(C)C. The van der Waals surface area contributed by atoms with E-state index in [-0.39, 0.29) is 41.9 Å². The van der Waals surface area contributed by atoms with Crippen LogP contribution in [-0.2, 0) is 23.3 Å². The molecule has 0 aromatic carbocycles. The summed E-state index contributed by atoms with van der Waals surface area (Å²) in [6.45, 7) is 38.0. The van der Waals surface area contributed by atoms with E-state index in [0.717, 1.165) is 25.2 Å². The molecule has 0 amide bonds. The predicted molar refractivity (Wildman–Crippen MR) is 184 cm³/mol. The van der Waals surface area contributed by atoms with Crippen molar-refractivity contribution in [2.75, 3.05) is 6.61 Å². The normalized spacial score (nSPS) is 29.4.